The van der Waals surface area contributed by atoms with E-state index in [2.05, 4.69) is 12.2 Å². The number of hydrogen-bond acceptors (Lipinski definition) is 3. The molecule has 80 valence electrons. The number of fused-ring (bicyclic) bond motifs is 1. The number of nitro benzene ring substituents is 1. The number of benzene rings is 1. The van der Waals surface area contributed by atoms with Gasteiger partial charge in [-0.3, -0.25) is 10.1 Å². The topological polar surface area (TPSA) is 55.2 Å². The first kappa shape index (κ1) is 9.96. The second kappa shape index (κ2) is 3.53. The molecule has 1 atom stereocenters. The predicted molar refractivity (Wildman–Crippen MR) is 59.2 cm³/mol. The fourth-order valence-electron chi connectivity index (χ4n) is 2.04. The maximum absolute atomic E-state index is 10.7. The molecule has 0 fully saturated rings. The normalized spacial score (nSPS) is 19.2. The summed E-state index contributed by atoms with van der Waals surface area (Å²) in [5, 5.41) is 14.1. The van der Waals surface area contributed by atoms with Gasteiger partial charge in [0.25, 0.3) is 5.69 Å². The Kier molecular flexibility index (Phi) is 2.34. The summed E-state index contributed by atoms with van der Waals surface area (Å²) >= 11 is 0. The molecule has 1 aliphatic rings. The van der Waals surface area contributed by atoms with Crippen LogP contribution in [0.3, 0.4) is 0 Å². The molecule has 1 aromatic carbocycles. The maximum Gasteiger partial charge on any atom is 0.270 e. The van der Waals surface area contributed by atoms with Crippen LogP contribution in [0.1, 0.15) is 24.5 Å². The third-order valence-corrected chi connectivity index (χ3v) is 2.85. The molecular formula is C11H14N2O2. The molecule has 0 spiro atoms. The Morgan fingerprint density at radius 3 is 2.93 bits per heavy atom. The largest absolute Gasteiger partial charge is 0.382 e. The lowest BCUT2D eigenvalue weighted by Crippen LogP contribution is -2.22. The third kappa shape index (κ3) is 1.79. The first-order valence-corrected chi connectivity index (χ1v) is 5.12. The van der Waals surface area contributed by atoms with Crippen LogP contribution in [-0.2, 0) is 6.42 Å². The molecule has 0 amide bonds. The molecule has 0 aliphatic carbocycles. The van der Waals surface area contributed by atoms with Crippen LogP contribution in [0.2, 0.25) is 0 Å². The minimum Gasteiger partial charge on any atom is -0.382 e. The second-order valence-electron chi connectivity index (χ2n) is 4.14. The van der Waals surface area contributed by atoms with Crippen molar-refractivity contribution in [2.45, 2.75) is 32.7 Å². The van der Waals surface area contributed by atoms with Crippen molar-refractivity contribution < 1.29 is 4.92 Å². The number of aryl methyl sites for hydroxylation is 2. The van der Waals surface area contributed by atoms with Crippen molar-refractivity contribution in [3.8, 4) is 0 Å². The molecule has 0 saturated heterocycles. The molecule has 1 aliphatic heterocycles. The van der Waals surface area contributed by atoms with Crippen molar-refractivity contribution >= 4 is 11.4 Å². The van der Waals surface area contributed by atoms with Crippen LogP contribution in [-0.4, -0.2) is 11.0 Å². The smallest absolute Gasteiger partial charge is 0.270 e. The first-order valence-electron chi connectivity index (χ1n) is 5.12. The maximum atomic E-state index is 10.7. The zero-order chi connectivity index (χ0) is 11.0. The van der Waals surface area contributed by atoms with E-state index in [0.29, 0.717) is 6.04 Å². The Labute approximate surface area is 88.5 Å². The number of nitro groups is 1. The standard InChI is InChI=1S/C11H14N2O2/c1-7-5-10(13(14)15)6-9-4-3-8(2)12-11(7)9/h5-6,8,12H,3-4H2,1-2H3. The van der Waals surface area contributed by atoms with Gasteiger partial charge in [-0.25, -0.2) is 0 Å². The van der Waals surface area contributed by atoms with Crippen molar-refractivity contribution in [3.05, 3.63) is 33.4 Å². The van der Waals surface area contributed by atoms with Gasteiger partial charge >= 0.3 is 0 Å². The van der Waals surface area contributed by atoms with Crippen LogP contribution >= 0.6 is 0 Å². The SMILES string of the molecule is Cc1cc([N+](=O)[O-])cc2c1NC(C)CC2. The molecule has 15 heavy (non-hydrogen) atoms. The Morgan fingerprint density at radius 2 is 2.27 bits per heavy atom. The fraction of sp³-hybridized carbons (Fsp3) is 0.455. The van der Waals surface area contributed by atoms with Gasteiger partial charge < -0.3 is 5.32 Å². The minimum atomic E-state index is -0.328. The van der Waals surface area contributed by atoms with Crippen LogP contribution in [0, 0.1) is 17.0 Å². The summed E-state index contributed by atoms with van der Waals surface area (Å²) in [6, 6.07) is 3.77. The quantitative estimate of drug-likeness (QED) is 0.567. The average Bonchev–Trinajstić information content (AvgIpc) is 2.18. The second-order valence-corrected chi connectivity index (χ2v) is 4.14. The number of rotatable bonds is 1. The van der Waals surface area contributed by atoms with Gasteiger partial charge in [0, 0.05) is 23.9 Å². The predicted octanol–water partition coefficient (Wildman–Crippen LogP) is 2.65. The number of anilines is 1. The average molecular weight is 206 g/mol. The van der Waals surface area contributed by atoms with Crippen LogP contribution in [0.5, 0.6) is 0 Å². The van der Waals surface area contributed by atoms with E-state index < -0.39 is 0 Å². The lowest BCUT2D eigenvalue weighted by atomic mass is 9.95. The fourth-order valence-corrected chi connectivity index (χ4v) is 2.04. The van der Waals surface area contributed by atoms with Crippen molar-refractivity contribution in [1.29, 1.82) is 0 Å². The van der Waals surface area contributed by atoms with E-state index in [-0.39, 0.29) is 10.6 Å². The zero-order valence-corrected chi connectivity index (χ0v) is 8.91. The van der Waals surface area contributed by atoms with Gasteiger partial charge in [0.15, 0.2) is 0 Å². The van der Waals surface area contributed by atoms with Gasteiger partial charge in [-0.15, -0.1) is 0 Å². The monoisotopic (exact) mass is 206 g/mol. The summed E-state index contributed by atoms with van der Waals surface area (Å²) in [6.07, 6.45) is 1.96. The summed E-state index contributed by atoms with van der Waals surface area (Å²) < 4.78 is 0. The van der Waals surface area contributed by atoms with Gasteiger partial charge in [0.2, 0.25) is 0 Å². The van der Waals surface area contributed by atoms with Crippen LogP contribution in [0.25, 0.3) is 0 Å². The molecule has 1 unspecified atom stereocenters. The van der Waals surface area contributed by atoms with E-state index in [1.807, 2.05) is 6.92 Å². The summed E-state index contributed by atoms with van der Waals surface area (Å²) in [5.41, 5.74) is 3.31. The Hall–Kier alpha value is -1.58. The van der Waals surface area contributed by atoms with E-state index >= 15 is 0 Å². The highest BCUT2D eigenvalue weighted by atomic mass is 16.6. The molecule has 1 aromatic rings. The Balaban J connectivity index is 2.48. The van der Waals surface area contributed by atoms with Gasteiger partial charge in [0.05, 0.1) is 4.92 Å². The highest BCUT2D eigenvalue weighted by Crippen LogP contribution is 2.31. The van der Waals surface area contributed by atoms with Crippen molar-refractivity contribution in [2.75, 3.05) is 5.32 Å². The molecule has 1 heterocycles. The molecule has 0 saturated carbocycles. The van der Waals surface area contributed by atoms with E-state index in [1.54, 1.807) is 12.1 Å². The zero-order valence-electron chi connectivity index (χ0n) is 8.91. The number of nitrogens with zero attached hydrogens (tertiary/aromatic N) is 1. The number of nitrogens with one attached hydrogen (secondary N) is 1. The van der Waals surface area contributed by atoms with Gasteiger partial charge in [0.1, 0.15) is 0 Å². The lowest BCUT2D eigenvalue weighted by molar-refractivity contribution is -0.384. The van der Waals surface area contributed by atoms with Gasteiger partial charge in [-0.2, -0.15) is 0 Å². The van der Waals surface area contributed by atoms with E-state index in [9.17, 15) is 10.1 Å². The summed E-state index contributed by atoms with van der Waals surface area (Å²) in [5.74, 6) is 0. The number of non-ortho nitro benzene ring substituents is 1. The van der Waals surface area contributed by atoms with Crippen LogP contribution in [0.15, 0.2) is 12.1 Å². The number of hydrogen-bond donors (Lipinski definition) is 1. The van der Waals surface area contributed by atoms with Gasteiger partial charge in [-0.05, 0) is 37.8 Å². The minimum absolute atomic E-state index is 0.197. The third-order valence-electron chi connectivity index (χ3n) is 2.85. The molecule has 2 rings (SSSR count). The van der Waals surface area contributed by atoms with Crippen LogP contribution < -0.4 is 5.32 Å². The first-order chi connectivity index (χ1) is 7.08. The highest BCUT2D eigenvalue weighted by molar-refractivity contribution is 5.63. The highest BCUT2D eigenvalue weighted by Gasteiger charge is 2.19. The van der Waals surface area contributed by atoms with E-state index in [4.69, 9.17) is 0 Å². The molecule has 1 N–H and O–H groups in total. The summed E-state index contributed by atoms with van der Waals surface area (Å²) in [6.45, 7) is 4.04. The van der Waals surface area contributed by atoms with Crippen molar-refractivity contribution in [3.63, 3.8) is 0 Å². The Morgan fingerprint density at radius 1 is 1.53 bits per heavy atom. The molecular weight excluding hydrogens is 192 g/mol. The van der Waals surface area contributed by atoms with Crippen molar-refractivity contribution in [1.82, 2.24) is 0 Å². The summed E-state index contributed by atoms with van der Waals surface area (Å²) in [7, 11) is 0. The molecule has 0 bridgehead atoms. The summed E-state index contributed by atoms with van der Waals surface area (Å²) in [4.78, 5) is 10.4. The molecule has 4 heteroatoms. The lowest BCUT2D eigenvalue weighted by Gasteiger charge is -2.25. The molecule has 0 aromatic heterocycles. The van der Waals surface area contributed by atoms with Crippen LogP contribution in [0.4, 0.5) is 11.4 Å². The van der Waals surface area contributed by atoms with Gasteiger partial charge in [-0.1, -0.05) is 0 Å². The molecule has 0 radical (unpaired) electrons. The van der Waals surface area contributed by atoms with E-state index in [1.165, 1.54) is 0 Å². The van der Waals surface area contributed by atoms with E-state index in [0.717, 1.165) is 29.7 Å². The Bertz CT molecular complexity index is 415. The molecule has 4 nitrogen and oxygen atoms in total. The van der Waals surface area contributed by atoms with Crippen molar-refractivity contribution in [2.24, 2.45) is 0 Å².